The van der Waals surface area contributed by atoms with Crippen LogP contribution in [0, 0.1) is 5.41 Å². The number of carboxylic acid groups (broad SMARTS) is 1. The molecule has 0 spiro atoms. The maximum absolute atomic E-state index is 11.0. The number of carbonyl (C=O) groups is 1. The van der Waals surface area contributed by atoms with E-state index in [-0.39, 0.29) is 12.6 Å². The lowest BCUT2D eigenvalue weighted by molar-refractivity contribution is -0.148. The predicted octanol–water partition coefficient (Wildman–Crippen LogP) is 2.51. The minimum absolute atomic E-state index is 0.119. The van der Waals surface area contributed by atoms with Crippen LogP contribution in [-0.2, 0) is 11.2 Å². The summed E-state index contributed by atoms with van der Waals surface area (Å²) in [6.07, 6.45) is 3.14. The van der Waals surface area contributed by atoms with E-state index in [1.54, 1.807) is 13.8 Å². The molecule has 0 saturated carbocycles. The van der Waals surface area contributed by atoms with Crippen molar-refractivity contribution in [2.75, 3.05) is 6.61 Å². The van der Waals surface area contributed by atoms with Gasteiger partial charge in [0.2, 0.25) is 0 Å². The third kappa shape index (κ3) is 3.07. The Morgan fingerprint density at radius 1 is 1.53 bits per heavy atom. The first-order valence-electron chi connectivity index (χ1n) is 6.65. The average molecular weight is 263 g/mol. The molecule has 4 nitrogen and oxygen atoms in total. The predicted molar refractivity (Wildman–Crippen MR) is 73.2 cm³/mol. The molecule has 0 radical (unpaired) electrons. The summed E-state index contributed by atoms with van der Waals surface area (Å²) in [4.78, 5) is 11.0. The monoisotopic (exact) mass is 263 g/mol. The molecule has 0 fully saturated rings. The largest absolute Gasteiger partial charge is 0.492 e. The molecule has 1 aliphatic rings. The smallest absolute Gasteiger partial charge is 0.312 e. The van der Waals surface area contributed by atoms with E-state index < -0.39 is 11.4 Å². The van der Waals surface area contributed by atoms with Gasteiger partial charge in [0.1, 0.15) is 12.4 Å². The van der Waals surface area contributed by atoms with E-state index in [9.17, 15) is 4.79 Å². The van der Waals surface area contributed by atoms with Gasteiger partial charge in [-0.2, -0.15) is 0 Å². The number of carboxylic acids is 1. The van der Waals surface area contributed by atoms with Crippen LogP contribution in [0.5, 0.6) is 5.75 Å². The van der Waals surface area contributed by atoms with Crippen LogP contribution in [0.2, 0.25) is 0 Å². The molecule has 0 saturated heterocycles. The number of aliphatic carboxylic acids is 1. The number of hydrogen-bond donors (Lipinski definition) is 2. The van der Waals surface area contributed by atoms with Gasteiger partial charge in [0, 0.05) is 6.04 Å². The third-order valence-corrected chi connectivity index (χ3v) is 3.65. The van der Waals surface area contributed by atoms with Crippen LogP contribution in [0.4, 0.5) is 0 Å². The first-order chi connectivity index (χ1) is 8.90. The van der Waals surface area contributed by atoms with Crippen LogP contribution in [-0.4, -0.2) is 17.7 Å². The number of benzene rings is 1. The third-order valence-electron chi connectivity index (χ3n) is 3.65. The molecule has 0 heterocycles. The highest BCUT2D eigenvalue weighted by molar-refractivity contribution is 5.73. The molecular formula is C15H21NO3. The van der Waals surface area contributed by atoms with Gasteiger partial charge in [-0.05, 0) is 56.4 Å². The van der Waals surface area contributed by atoms with Gasteiger partial charge >= 0.3 is 5.97 Å². The molecule has 4 heteroatoms. The first-order valence-corrected chi connectivity index (χ1v) is 6.65. The fraction of sp³-hybridized carbons (Fsp3) is 0.533. The van der Waals surface area contributed by atoms with E-state index in [0.29, 0.717) is 0 Å². The Hall–Kier alpha value is -1.55. The first kappa shape index (κ1) is 13.9. The maximum atomic E-state index is 11.0. The molecular weight excluding hydrogens is 242 g/mol. The van der Waals surface area contributed by atoms with Gasteiger partial charge in [-0.1, -0.05) is 6.07 Å². The van der Waals surface area contributed by atoms with E-state index in [0.717, 1.165) is 25.0 Å². The van der Waals surface area contributed by atoms with Crippen molar-refractivity contribution in [3.8, 4) is 5.75 Å². The number of fused-ring (bicyclic) bond motifs is 1. The zero-order valence-electron chi connectivity index (χ0n) is 11.5. The summed E-state index contributed by atoms with van der Waals surface area (Å²) in [6, 6.07) is 5.99. The van der Waals surface area contributed by atoms with Crippen molar-refractivity contribution in [1.29, 1.82) is 0 Å². The minimum Gasteiger partial charge on any atom is -0.492 e. The van der Waals surface area contributed by atoms with Gasteiger partial charge < -0.3 is 15.6 Å². The molecule has 1 aliphatic carbocycles. The summed E-state index contributed by atoms with van der Waals surface area (Å²) in [5.41, 5.74) is 7.60. The fourth-order valence-corrected chi connectivity index (χ4v) is 2.24. The van der Waals surface area contributed by atoms with E-state index in [2.05, 4.69) is 0 Å². The van der Waals surface area contributed by atoms with Gasteiger partial charge in [0.05, 0.1) is 5.41 Å². The second-order valence-corrected chi connectivity index (χ2v) is 5.84. The number of nitrogens with two attached hydrogens (primary N) is 1. The summed E-state index contributed by atoms with van der Waals surface area (Å²) in [7, 11) is 0. The van der Waals surface area contributed by atoms with Gasteiger partial charge in [0.15, 0.2) is 0 Å². The topological polar surface area (TPSA) is 72.5 Å². The van der Waals surface area contributed by atoms with Crippen LogP contribution >= 0.6 is 0 Å². The van der Waals surface area contributed by atoms with Crippen LogP contribution in [0.15, 0.2) is 18.2 Å². The molecule has 3 N–H and O–H groups in total. The SMILES string of the molecule is CC(C)(COc1ccc2c(c1)CCCC2N)C(=O)O. The summed E-state index contributed by atoms with van der Waals surface area (Å²) in [5, 5.41) is 9.05. The lowest BCUT2D eigenvalue weighted by atomic mass is 9.88. The second kappa shape index (κ2) is 5.21. The van der Waals surface area contributed by atoms with Crippen molar-refractivity contribution in [2.24, 2.45) is 11.1 Å². The van der Waals surface area contributed by atoms with Crippen LogP contribution in [0.25, 0.3) is 0 Å². The second-order valence-electron chi connectivity index (χ2n) is 5.84. The van der Waals surface area contributed by atoms with Crippen LogP contribution in [0.3, 0.4) is 0 Å². The van der Waals surface area contributed by atoms with Crippen LogP contribution in [0.1, 0.15) is 43.9 Å². The van der Waals surface area contributed by atoms with Crippen LogP contribution < -0.4 is 10.5 Å². The summed E-state index contributed by atoms with van der Waals surface area (Å²) >= 11 is 0. The van der Waals surface area contributed by atoms with Gasteiger partial charge in [-0.15, -0.1) is 0 Å². The highest BCUT2D eigenvalue weighted by atomic mass is 16.5. The van der Waals surface area contributed by atoms with Gasteiger partial charge in [-0.25, -0.2) is 0 Å². The van der Waals surface area contributed by atoms with Gasteiger partial charge in [0.25, 0.3) is 0 Å². The molecule has 0 bridgehead atoms. The zero-order valence-corrected chi connectivity index (χ0v) is 11.5. The Bertz CT molecular complexity index is 482. The summed E-state index contributed by atoms with van der Waals surface area (Å²) in [6.45, 7) is 3.47. The highest BCUT2D eigenvalue weighted by Crippen LogP contribution is 2.31. The fourth-order valence-electron chi connectivity index (χ4n) is 2.24. The minimum atomic E-state index is -0.883. The average Bonchev–Trinajstić information content (AvgIpc) is 2.36. The summed E-state index contributed by atoms with van der Waals surface area (Å²) in [5.74, 6) is -0.130. The number of aryl methyl sites for hydroxylation is 1. The summed E-state index contributed by atoms with van der Waals surface area (Å²) < 4.78 is 5.61. The van der Waals surface area contributed by atoms with Crippen molar-refractivity contribution in [1.82, 2.24) is 0 Å². The molecule has 0 aliphatic heterocycles. The normalized spacial score (nSPS) is 18.8. The molecule has 0 aromatic heterocycles. The molecule has 2 rings (SSSR count). The number of ether oxygens (including phenoxy) is 1. The van der Waals surface area contributed by atoms with Crippen molar-refractivity contribution in [2.45, 2.75) is 39.2 Å². The number of hydrogen-bond acceptors (Lipinski definition) is 3. The molecule has 1 unspecified atom stereocenters. The van der Waals surface area contributed by atoms with E-state index in [1.807, 2.05) is 18.2 Å². The quantitative estimate of drug-likeness (QED) is 0.875. The molecule has 1 aromatic carbocycles. The molecule has 19 heavy (non-hydrogen) atoms. The van der Waals surface area contributed by atoms with Crippen molar-refractivity contribution in [3.63, 3.8) is 0 Å². The molecule has 1 atom stereocenters. The van der Waals surface area contributed by atoms with Gasteiger partial charge in [-0.3, -0.25) is 4.79 Å². The Labute approximate surface area is 113 Å². The Morgan fingerprint density at radius 2 is 2.26 bits per heavy atom. The lowest BCUT2D eigenvalue weighted by Gasteiger charge is -2.24. The van der Waals surface area contributed by atoms with Crippen molar-refractivity contribution < 1.29 is 14.6 Å². The van der Waals surface area contributed by atoms with E-state index in [1.165, 1.54) is 11.1 Å². The maximum Gasteiger partial charge on any atom is 0.312 e. The Morgan fingerprint density at radius 3 is 2.95 bits per heavy atom. The standard InChI is InChI=1S/C15H21NO3/c1-15(2,14(17)18)9-19-11-6-7-12-10(8-11)4-3-5-13(12)16/h6-8,13H,3-5,9,16H2,1-2H3,(H,17,18). The van der Waals surface area contributed by atoms with Crippen molar-refractivity contribution >= 4 is 5.97 Å². The van der Waals surface area contributed by atoms with E-state index >= 15 is 0 Å². The molecule has 0 amide bonds. The highest BCUT2D eigenvalue weighted by Gasteiger charge is 2.28. The Balaban J connectivity index is 2.09. The molecule has 1 aromatic rings. The zero-order chi connectivity index (χ0) is 14.0. The van der Waals surface area contributed by atoms with E-state index in [4.69, 9.17) is 15.6 Å². The molecule has 104 valence electrons. The number of rotatable bonds is 4. The Kier molecular flexibility index (Phi) is 3.80. The lowest BCUT2D eigenvalue weighted by Crippen LogP contribution is -2.30. The van der Waals surface area contributed by atoms with Crippen molar-refractivity contribution in [3.05, 3.63) is 29.3 Å².